The molecule has 2 aromatic carbocycles. The summed E-state index contributed by atoms with van der Waals surface area (Å²) >= 11 is 0. The monoisotopic (exact) mass is 297 g/mol. The van der Waals surface area contributed by atoms with E-state index in [1.54, 1.807) is 0 Å². The third kappa shape index (κ3) is 3.74. The van der Waals surface area contributed by atoms with Crippen molar-refractivity contribution in [2.24, 2.45) is 0 Å². The first-order chi connectivity index (χ1) is 10.5. The highest BCUT2D eigenvalue weighted by atomic mass is 16.3. The Hall–Kier alpha value is -2.13. The lowest BCUT2D eigenvalue weighted by Crippen LogP contribution is -2.29. The number of carbonyl (C=O) groups is 1. The molecule has 0 aliphatic heterocycles. The summed E-state index contributed by atoms with van der Waals surface area (Å²) in [6, 6.07) is 13.9. The smallest absolute Gasteiger partial charge is 0.246 e. The average molecular weight is 297 g/mol. The predicted molar refractivity (Wildman–Crippen MR) is 90.6 cm³/mol. The van der Waals surface area contributed by atoms with Crippen LogP contribution in [0.2, 0.25) is 0 Å². The zero-order valence-electron chi connectivity index (χ0n) is 13.4. The van der Waals surface area contributed by atoms with E-state index >= 15 is 0 Å². The summed E-state index contributed by atoms with van der Waals surface area (Å²) in [6.45, 7) is 6.01. The number of benzene rings is 2. The number of rotatable bonds is 5. The van der Waals surface area contributed by atoms with Gasteiger partial charge in [-0.05, 0) is 42.7 Å². The topological polar surface area (TPSA) is 49.3 Å². The van der Waals surface area contributed by atoms with E-state index in [0.29, 0.717) is 0 Å². The first-order valence-corrected chi connectivity index (χ1v) is 7.64. The minimum absolute atomic E-state index is 0.112. The van der Waals surface area contributed by atoms with Crippen LogP contribution in [0.5, 0.6) is 0 Å². The second-order valence-electron chi connectivity index (χ2n) is 5.59. The Kier molecular flexibility index (Phi) is 5.34. The van der Waals surface area contributed by atoms with Gasteiger partial charge in [0.05, 0.1) is 6.10 Å². The van der Waals surface area contributed by atoms with Crippen LogP contribution in [0.15, 0.2) is 53.6 Å². The van der Waals surface area contributed by atoms with Crippen LogP contribution >= 0.6 is 0 Å². The van der Waals surface area contributed by atoms with Crippen molar-refractivity contribution in [2.75, 3.05) is 6.54 Å². The summed E-state index contributed by atoms with van der Waals surface area (Å²) in [5.41, 5.74) is 2.61. The molecule has 22 heavy (non-hydrogen) atoms. The summed E-state index contributed by atoms with van der Waals surface area (Å²) in [5.74, 6) is -0.112. The van der Waals surface area contributed by atoms with E-state index in [0.717, 1.165) is 33.9 Å². The highest BCUT2D eigenvalue weighted by molar-refractivity contribution is 5.93. The molecule has 0 fully saturated rings. The van der Waals surface area contributed by atoms with Gasteiger partial charge in [0.1, 0.15) is 0 Å². The van der Waals surface area contributed by atoms with Crippen LogP contribution in [0.1, 0.15) is 38.9 Å². The number of fused-ring (bicyclic) bond motifs is 1. The highest BCUT2D eigenvalue weighted by Crippen LogP contribution is 2.20. The van der Waals surface area contributed by atoms with Crippen molar-refractivity contribution < 1.29 is 9.90 Å². The minimum atomic E-state index is -0.705. The van der Waals surface area contributed by atoms with Gasteiger partial charge in [0, 0.05) is 12.1 Å². The quantitative estimate of drug-likeness (QED) is 0.826. The molecular formula is C19H23NO2. The molecule has 0 saturated carbocycles. The molecule has 0 aliphatic rings. The van der Waals surface area contributed by atoms with Crippen LogP contribution in [0.25, 0.3) is 10.8 Å². The standard InChI is InChI=1S/C19H23NO2/c1-4-13(2)14(3)19(22)20-12-18(21)17-10-9-15-7-5-6-8-16(15)11-17/h5-11,18,21H,4,12H2,1-3H3,(H,20,22)/b14-13-. The zero-order valence-corrected chi connectivity index (χ0v) is 13.4. The fraction of sp³-hybridized carbons (Fsp3) is 0.316. The van der Waals surface area contributed by atoms with Gasteiger partial charge in [-0.3, -0.25) is 4.79 Å². The molecule has 0 saturated heterocycles. The number of aliphatic hydroxyl groups is 1. The molecule has 1 atom stereocenters. The molecular weight excluding hydrogens is 274 g/mol. The van der Waals surface area contributed by atoms with E-state index in [4.69, 9.17) is 0 Å². The van der Waals surface area contributed by atoms with Crippen molar-refractivity contribution in [1.29, 1.82) is 0 Å². The molecule has 0 aliphatic carbocycles. The van der Waals surface area contributed by atoms with Gasteiger partial charge in [-0.2, -0.15) is 0 Å². The summed E-state index contributed by atoms with van der Waals surface area (Å²) in [5, 5.41) is 15.3. The Bertz CT molecular complexity index is 703. The summed E-state index contributed by atoms with van der Waals surface area (Å²) < 4.78 is 0. The molecule has 2 rings (SSSR count). The molecule has 116 valence electrons. The normalized spacial score (nSPS) is 13.6. The fourth-order valence-corrected chi connectivity index (χ4v) is 2.31. The maximum absolute atomic E-state index is 12.0. The number of nitrogens with one attached hydrogen (secondary N) is 1. The van der Waals surface area contributed by atoms with Gasteiger partial charge in [0.15, 0.2) is 0 Å². The summed E-state index contributed by atoms with van der Waals surface area (Å²) in [4.78, 5) is 12.0. The number of allylic oxidation sites excluding steroid dienone is 1. The van der Waals surface area contributed by atoms with Crippen molar-refractivity contribution in [3.63, 3.8) is 0 Å². The molecule has 2 aromatic rings. The SMILES string of the molecule is CC/C(C)=C(/C)C(=O)NCC(O)c1ccc2ccccc2c1. The first-order valence-electron chi connectivity index (χ1n) is 7.64. The van der Waals surface area contributed by atoms with E-state index in [2.05, 4.69) is 5.32 Å². The van der Waals surface area contributed by atoms with Crippen LogP contribution in [0.3, 0.4) is 0 Å². The molecule has 0 bridgehead atoms. The molecule has 3 heteroatoms. The van der Waals surface area contributed by atoms with Crippen LogP contribution < -0.4 is 5.32 Å². The zero-order chi connectivity index (χ0) is 16.1. The molecule has 0 spiro atoms. The molecule has 0 radical (unpaired) electrons. The first kappa shape index (κ1) is 16.2. The van der Waals surface area contributed by atoms with Gasteiger partial charge in [-0.25, -0.2) is 0 Å². The molecule has 0 heterocycles. The number of aliphatic hydroxyl groups excluding tert-OH is 1. The van der Waals surface area contributed by atoms with Gasteiger partial charge in [0.2, 0.25) is 5.91 Å². The second kappa shape index (κ2) is 7.23. The Labute approximate surface area is 131 Å². The van der Waals surface area contributed by atoms with Gasteiger partial charge in [-0.1, -0.05) is 48.9 Å². The van der Waals surface area contributed by atoms with Crippen molar-refractivity contribution >= 4 is 16.7 Å². The van der Waals surface area contributed by atoms with Gasteiger partial charge in [0.25, 0.3) is 0 Å². The van der Waals surface area contributed by atoms with Gasteiger partial charge < -0.3 is 10.4 Å². The molecule has 2 N–H and O–H groups in total. The number of amides is 1. The summed E-state index contributed by atoms with van der Waals surface area (Å²) in [6.07, 6.45) is 0.148. The number of hydrogen-bond acceptors (Lipinski definition) is 2. The Morgan fingerprint density at radius 3 is 2.50 bits per heavy atom. The van der Waals surface area contributed by atoms with E-state index < -0.39 is 6.10 Å². The Balaban J connectivity index is 2.05. The van der Waals surface area contributed by atoms with E-state index in [9.17, 15) is 9.90 Å². The average Bonchev–Trinajstić information content (AvgIpc) is 2.57. The lowest BCUT2D eigenvalue weighted by Gasteiger charge is -2.14. The van der Waals surface area contributed by atoms with E-state index in [1.165, 1.54) is 0 Å². The van der Waals surface area contributed by atoms with Gasteiger partial charge in [-0.15, -0.1) is 0 Å². The van der Waals surface area contributed by atoms with Crippen molar-refractivity contribution in [2.45, 2.75) is 33.3 Å². The number of carbonyl (C=O) groups excluding carboxylic acids is 1. The molecule has 0 aromatic heterocycles. The highest BCUT2D eigenvalue weighted by Gasteiger charge is 2.12. The lowest BCUT2D eigenvalue weighted by atomic mass is 10.0. The largest absolute Gasteiger partial charge is 0.387 e. The van der Waals surface area contributed by atoms with Crippen molar-refractivity contribution in [3.05, 3.63) is 59.2 Å². The third-order valence-electron chi connectivity index (χ3n) is 4.13. The van der Waals surface area contributed by atoms with Crippen LogP contribution in [0, 0.1) is 0 Å². The second-order valence-corrected chi connectivity index (χ2v) is 5.59. The molecule has 3 nitrogen and oxygen atoms in total. The van der Waals surface area contributed by atoms with Crippen molar-refractivity contribution in [1.82, 2.24) is 5.32 Å². The molecule has 1 amide bonds. The lowest BCUT2D eigenvalue weighted by molar-refractivity contribution is -0.118. The minimum Gasteiger partial charge on any atom is -0.387 e. The summed E-state index contributed by atoms with van der Waals surface area (Å²) in [7, 11) is 0. The van der Waals surface area contributed by atoms with E-state index in [-0.39, 0.29) is 12.5 Å². The molecule has 1 unspecified atom stereocenters. The third-order valence-corrected chi connectivity index (χ3v) is 4.13. The van der Waals surface area contributed by atoms with Gasteiger partial charge >= 0.3 is 0 Å². The van der Waals surface area contributed by atoms with E-state index in [1.807, 2.05) is 63.2 Å². The maximum atomic E-state index is 12.0. The van der Waals surface area contributed by atoms with Crippen LogP contribution in [-0.4, -0.2) is 17.6 Å². The Morgan fingerprint density at radius 2 is 1.82 bits per heavy atom. The number of hydrogen-bond donors (Lipinski definition) is 2. The fourth-order valence-electron chi connectivity index (χ4n) is 2.31. The Morgan fingerprint density at radius 1 is 1.14 bits per heavy atom. The predicted octanol–water partition coefficient (Wildman–Crippen LogP) is 3.74. The maximum Gasteiger partial charge on any atom is 0.246 e. The van der Waals surface area contributed by atoms with Crippen LogP contribution in [0.4, 0.5) is 0 Å². The van der Waals surface area contributed by atoms with Crippen LogP contribution in [-0.2, 0) is 4.79 Å². The van der Waals surface area contributed by atoms with Crippen molar-refractivity contribution in [3.8, 4) is 0 Å².